The predicted octanol–water partition coefficient (Wildman–Crippen LogP) is 4.17. The number of hydrogen-bond acceptors (Lipinski definition) is 3. The van der Waals surface area contributed by atoms with Gasteiger partial charge in [0.15, 0.2) is 0 Å². The molecule has 17 heavy (non-hydrogen) atoms. The lowest BCUT2D eigenvalue weighted by molar-refractivity contribution is 0.593. The van der Waals surface area contributed by atoms with Crippen LogP contribution in [0, 0.1) is 0 Å². The van der Waals surface area contributed by atoms with Gasteiger partial charge in [-0.15, -0.1) is 11.3 Å². The van der Waals surface area contributed by atoms with Crippen LogP contribution in [0.15, 0.2) is 38.9 Å². The van der Waals surface area contributed by atoms with Crippen LogP contribution in [0.4, 0.5) is 0 Å². The summed E-state index contributed by atoms with van der Waals surface area (Å²) in [7, 11) is 1.99. The van der Waals surface area contributed by atoms with E-state index in [1.807, 2.05) is 24.8 Å². The van der Waals surface area contributed by atoms with Crippen LogP contribution in [-0.4, -0.2) is 12.0 Å². The van der Waals surface area contributed by atoms with E-state index in [9.17, 15) is 0 Å². The largest absolute Gasteiger partial charge is 0.313 e. The molecule has 1 aromatic heterocycles. The maximum atomic E-state index is 4.11. The number of thiazole rings is 1. The zero-order valence-electron chi connectivity index (χ0n) is 9.28. The summed E-state index contributed by atoms with van der Waals surface area (Å²) in [5.74, 6) is 0. The van der Waals surface area contributed by atoms with Gasteiger partial charge in [-0.25, -0.2) is 0 Å². The molecule has 1 atom stereocenters. The lowest BCUT2D eigenvalue weighted by Crippen LogP contribution is -2.18. The lowest BCUT2D eigenvalue weighted by Gasteiger charge is -2.17. The zero-order chi connectivity index (χ0) is 12.3. The van der Waals surface area contributed by atoms with Crippen LogP contribution in [0.1, 0.15) is 16.5 Å². The van der Waals surface area contributed by atoms with Gasteiger partial charge < -0.3 is 5.32 Å². The zero-order valence-corrected chi connectivity index (χ0v) is 13.3. The summed E-state index contributed by atoms with van der Waals surface area (Å²) in [6.07, 6.45) is 2.89. The molecule has 1 aromatic carbocycles. The summed E-state index contributed by atoms with van der Waals surface area (Å²) in [6, 6.07) is 6.54. The Kier molecular flexibility index (Phi) is 4.73. The number of halogens is 2. The predicted molar refractivity (Wildman–Crippen MR) is 79.5 cm³/mol. The molecule has 0 bridgehead atoms. The first-order chi connectivity index (χ1) is 8.20. The van der Waals surface area contributed by atoms with Crippen molar-refractivity contribution in [2.75, 3.05) is 7.05 Å². The van der Waals surface area contributed by atoms with Crippen LogP contribution >= 0.6 is 43.2 Å². The molecule has 0 aliphatic rings. The summed E-state index contributed by atoms with van der Waals surface area (Å²) in [6.45, 7) is 0. The van der Waals surface area contributed by atoms with Crippen LogP contribution in [-0.2, 0) is 6.42 Å². The molecule has 0 aliphatic heterocycles. The Balaban J connectivity index is 2.25. The number of aromatic nitrogens is 1. The van der Waals surface area contributed by atoms with Gasteiger partial charge in [0, 0.05) is 32.5 Å². The van der Waals surface area contributed by atoms with Gasteiger partial charge in [-0.05, 0) is 30.8 Å². The van der Waals surface area contributed by atoms with Crippen LogP contribution in [0.2, 0.25) is 0 Å². The third kappa shape index (κ3) is 3.37. The Morgan fingerprint density at radius 3 is 2.88 bits per heavy atom. The summed E-state index contributed by atoms with van der Waals surface area (Å²) < 4.78 is 2.23. The van der Waals surface area contributed by atoms with E-state index in [-0.39, 0.29) is 0 Å². The first-order valence-electron chi connectivity index (χ1n) is 5.20. The van der Waals surface area contributed by atoms with Crippen molar-refractivity contribution in [1.29, 1.82) is 0 Å². The molecule has 2 aromatic rings. The van der Waals surface area contributed by atoms with E-state index in [4.69, 9.17) is 0 Å². The second-order valence-electron chi connectivity index (χ2n) is 3.68. The van der Waals surface area contributed by atoms with Gasteiger partial charge in [-0.3, -0.25) is 4.98 Å². The minimum Gasteiger partial charge on any atom is -0.313 e. The minimum absolute atomic E-state index is 0.294. The van der Waals surface area contributed by atoms with E-state index < -0.39 is 0 Å². The van der Waals surface area contributed by atoms with Gasteiger partial charge in [-0.1, -0.05) is 31.9 Å². The maximum Gasteiger partial charge on any atom is 0.0794 e. The number of nitrogens with zero attached hydrogens (tertiary/aromatic N) is 1. The molecule has 1 heterocycles. The van der Waals surface area contributed by atoms with E-state index >= 15 is 0 Å². The van der Waals surface area contributed by atoms with Crippen molar-refractivity contribution in [2.24, 2.45) is 0 Å². The average Bonchev–Trinajstić information content (AvgIpc) is 2.82. The van der Waals surface area contributed by atoms with E-state index in [1.165, 1.54) is 10.4 Å². The Hall–Kier alpha value is -0.230. The normalized spacial score (nSPS) is 12.6. The standard InChI is InChI=1S/C12H12Br2N2S/c1-15-12(5-9-6-16-7-17-9)10-4-8(13)2-3-11(10)14/h2-4,6-7,12,15H,5H2,1H3. The molecular formula is C12H12Br2N2S. The summed E-state index contributed by atoms with van der Waals surface area (Å²) >= 11 is 8.81. The van der Waals surface area contributed by atoms with Crippen LogP contribution in [0.5, 0.6) is 0 Å². The van der Waals surface area contributed by atoms with E-state index in [2.05, 4.69) is 54.3 Å². The number of rotatable bonds is 4. The maximum absolute atomic E-state index is 4.11. The van der Waals surface area contributed by atoms with Crippen LogP contribution < -0.4 is 5.32 Å². The van der Waals surface area contributed by atoms with Crippen molar-refractivity contribution < 1.29 is 0 Å². The smallest absolute Gasteiger partial charge is 0.0794 e. The lowest BCUT2D eigenvalue weighted by atomic mass is 10.0. The van der Waals surface area contributed by atoms with Crippen molar-refractivity contribution in [1.82, 2.24) is 10.3 Å². The minimum atomic E-state index is 0.294. The van der Waals surface area contributed by atoms with Crippen molar-refractivity contribution in [3.63, 3.8) is 0 Å². The molecule has 0 radical (unpaired) electrons. The Morgan fingerprint density at radius 2 is 2.24 bits per heavy atom. The second kappa shape index (κ2) is 6.09. The number of hydrogen-bond donors (Lipinski definition) is 1. The van der Waals surface area contributed by atoms with Crippen molar-refractivity contribution >= 4 is 43.2 Å². The average molecular weight is 376 g/mol. The van der Waals surface area contributed by atoms with E-state index in [0.29, 0.717) is 6.04 Å². The van der Waals surface area contributed by atoms with Gasteiger partial charge in [0.25, 0.3) is 0 Å². The first-order valence-corrected chi connectivity index (χ1v) is 7.67. The number of benzene rings is 1. The molecular weight excluding hydrogens is 364 g/mol. The SMILES string of the molecule is CNC(Cc1cncs1)c1cc(Br)ccc1Br. The highest BCUT2D eigenvalue weighted by molar-refractivity contribution is 9.11. The Morgan fingerprint density at radius 1 is 1.41 bits per heavy atom. The fourth-order valence-electron chi connectivity index (χ4n) is 1.69. The molecule has 1 unspecified atom stereocenters. The van der Waals surface area contributed by atoms with Crippen LogP contribution in [0.25, 0.3) is 0 Å². The highest BCUT2D eigenvalue weighted by Crippen LogP contribution is 2.29. The summed E-state index contributed by atoms with van der Waals surface area (Å²) in [5.41, 5.74) is 3.13. The van der Waals surface area contributed by atoms with Gasteiger partial charge in [-0.2, -0.15) is 0 Å². The monoisotopic (exact) mass is 374 g/mol. The quantitative estimate of drug-likeness (QED) is 0.867. The molecule has 5 heteroatoms. The van der Waals surface area contributed by atoms with Gasteiger partial charge in [0.05, 0.1) is 5.51 Å². The third-order valence-corrected chi connectivity index (χ3v) is 4.59. The second-order valence-corrected chi connectivity index (χ2v) is 6.42. The molecule has 1 N–H and O–H groups in total. The van der Waals surface area contributed by atoms with Crippen molar-refractivity contribution in [3.05, 3.63) is 49.3 Å². The topological polar surface area (TPSA) is 24.9 Å². The van der Waals surface area contributed by atoms with Crippen molar-refractivity contribution in [2.45, 2.75) is 12.5 Å². The first kappa shape index (κ1) is 13.2. The number of nitrogens with one attached hydrogen (secondary N) is 1. The third-order valence-electron chi connectivity index (χ3n) is 2.57. The molecule has 0 spiro atoms. The molecule has 2 rings (SSSR count). The summed E-state index contributed by atoms with van der Waals surface area (Å²) in [5, 5.41) is 3.35. The number of likely N-dealkylation sites (N-methyl/N-ethyl adjacent to an activating group) is 1. The molecule has 0 aliphatic carbocycles. The molecule has 0 saturated carbocycles. The fraction of sp³-hybridized carbons (Fsp3) is 0.250. The molecule has 0 amide bonds. The Bertz CT molecular complexity index is 485. The molecule has 0 fully saturated rings. The van der Waals surface area contributed by atoms with E-state index in [1.54, 1.807) is 11.3 Å². The van der Waals surface area contributed by atoms with Gasteiger partial charge in [0.2, 0.25) is 0 Å². The van der Waals surface area contributed by atoms with Gasteiger partial charge in [0.1, 0.15) is 0 Å². The Labute approximate surface area is 122 Å². The van der Waals surface area contributed by atoms with Crippen LogP contribution in [0.3, 0.4) is 0 Å². The van der Waals surface area contributed by atoms with Crippen molar-refractivity contribution in [3.8, 4) is 0 Å². The highest BCUT2D eigenvalue weighted by Gasteiger charge is 2.14. The fourth-order valence-corrected chi connectivity index (χ4v) is 3.24. The highest BCUT2D eigenvalue weighted by atomic mass is 79.9. The summed E-state index contributed by atoms with van der Waals surface area (Å²) in [4.78, 5) is 5.40. The van der Waals surface area contributed by atoms with Gasteiger partial charge >= 0.3 is 0 Å². The molecule has 90 valence electrons. The molecule has 2 nitrogen and oxygen atoms in total. The molecule has 0 saturated heterocycles. The van der Waals surface area contributed by atoms with E-state index in [0.717, 1.165) is 15.4 Å².